The quantitative estimate of drug-likeness (QED) is 0.714. The molecule has 3 heteroatoms. The lowest BCUT2D eigenvalue weighted by Crippen LogP contribution is -2.04. The Morgan fingerprint density at radius 1 is 1.20 bits per heavy atom. The van der Waals surface area contributed by atoms with Gasteiger partial charge in [-0.2, -0.15) is 0 Å². The van der Waals surface area contributed by atoms with E-state index in [-0.39, 0.29) is 11.3 Å². The third-order valence-corrected chi connectivity index (χ3v) is 2.76. The van der Waals surface area contributed by atoms with Crippen LogP contribution < -0.4 is 0 Å². The fourth-order valence-electron chi connectivity index (χ4n) is 1.92. The molecule has 0 unspecified atom stereocenters. The number of benzene rings is 1. The second-order valence-corrected chi connectivity index (χ2v) is 3.81. The zero-order chi connectivity index (χ0) is 10.8. The van der Waals surface area contributed by atoms with Crippen molar-refractivity contribution in [2.75, 3.05) is 0 Å². The van der Waals surface area contributed by atoms with Crippen LogP contribution >= 0.6 is 0 Å². The van der Waals surface area contributed by atoms with Crippen LogP contribution in [-0.2, 0) is 6.42 Å². The Labute approximate surface area is 87.7 Å². The molecule has 1 aromatic carbocycles. The van der Waals surface area contributed by atoms with Gasteiger partial charge in [-0.1, -0.05) is 6.07 Å². The van der Waals surface area contributed by atoms with Crippen molar-refractivity contribution in [1.29, 1.82) is 0 Å². The van der Waals surface area contributed by atoms with Gasteiger partial charge in [0, 0.05) is 12.0 Å². The van der Waals surface area contributed by atoms with Gasteiger partial charge in [0.05, 0.1) is 5.56 Å². The number of hydrogen-bond donors (Lipinski definition) is 1. The number of rotatable bonds is 1. The number of aromatic carboxylic acids is 1. The Morgan fingerprint density at radius 2 is 1.93 bits per heavy atom. The highest BCUT2D eigenvalue weighted by molar-refractivity contribution is 6.00. The van der Waals surface area contributed by atoms with Crippen molar-refractivity contribution in [1.82, 2.24) is 0 Å². The first-order valence-corrected chi connectivity index (χ1v) is 5.08. The Bertz CT molecular complexity index is 421. The molecular formula is C12H12O3. The van der Waals surface area contributed by atoms with Crippen LogP contribution in [0.1, 0.15) is 45.5 Å². The van der Waals surface area contributed by atoms with E-state index in [0.29, 0.717) is 12.0 Å². The number of hydrogen-bond acceptors (Lipinski definition) is 2. The molecule has 0 aliphatic heterocycles. The first-order valence-electron chi connectivity index (χ1n) is 5.08. The van der Waals surface area contributed by atoms with Gasteiger partial charge in [0.2, 0.25) is 0 Å². The third kappa shape index (κ3) is 1.91. The minimum Gasteiger partial charge on any atom is -0.478 e. The average molecular weight is 204 g/mol. The highest BCUT2D eigenvalue weighted by atomic mass is 16.4. The smallest absolute Gasteiger partial charge is 0.335 e. The Morgan fingerprint density at radius 3 is 2.67 bits per heavy atom. The molecule has 0 fully saturated rings. The van der Waals surface area contributed by atoms with Crippen LogP contribution in [0.3, 0.4) is 0 Å². The lowest BCUT2D eigenvalue weighted by atomic mass is 9.99. The first-order chi connectivity index (χ1) is 7.18. The summed E-state index contributed by atoms with van der Waals surface area (Å²) in [4.78, 5) is 22.5. The molecule has 0 radical (unpaired) electrons. The van der Waals surface area contributed by atoms with E-state index in [1.165, 1.54) is 6.07 Å². The van der Waals surface area contributed by atoms with Crippen LogP contribution in [0.15, 0.2) is 18.2 Å². The lowest BCUT2D eigenvalue weighted by Gasteiger charge is -2.05. The van der Waals surface area contributed by atoms with Crippen molar-refractivity contribution in [3.05, 3.63) is 34.9 Å². The number of Topliss-reactive ketones (excluding diaryl/α,β-unsaturated/α-hetero) is 1. The fourth-order valence-corrected chi connectivity index (χ4v) is 1.92. The lowest BCUT2D eigenvalue weighted by molar-refractivity contribution is 0.0697. The first kappa shape index (κ1) is 9.90. The molecule has 1 aliphatic rings. The Hall–Kier alpha value is -1.64. The van der Waals surface area contributed by atoms with Crippen molar-refractivity contribution in [3.8, 4) is 0 Å². The van der Waals surface area contributed by atoms with Crippen molar-refractivity contribution in [2.45, 2.75) is 25.7 Å². The van der Waals surface area contributed by atoms with Gasteiger partial charge in [0.25, 0.3) is 0 Å². The number of carboxylic acid groups (broad SMARTS) is 1. The maximum absolute atomic E-state index is 11.7. The van der Waals surface area contributed by atoms with Crippen LogP contribution in [0.5, 0.6) is 0 Å². The SMILES string of the molecule is O=C(O)c1ccc2c(c1)C(=O)CCCC2. The molecule has 2 rings (SSSR count). The molecule has 15 heavy (non-hydrogen) atoms. The Balaban J connectivity index is 2.48. The van der Waals surface area contributed by atoms with Gasteiger partial charge >= 0.3 is 5.97 Å². The van der Waals surface area contributed by atoms with E-state index in [1.807, 2.05) is 0 Å². The normalized spacial score (nSPS) is 15.6. The van der Waals surface area contributed by atoms with Gasteiger partial charge in [0.15, 0.2) is 5.78 Å². The van der Waals surface area contributed by atoms with E-state index >= 15 is 0 Å². The molecule has 1 aliphatic carbocycles. The number of carbonyl (C=O) groups excluding carboxylic acids is 1. The van der Waals surface area contributed by atoms with Gasteiger partial charge < -0.3 is 5.11 Å². The number of ketones is 1. The summed E-state index contributed by atoms with van der Waals surface area (Å²) in [6.07, 6.45) is 3.32. The average Bonchev–Trinajstić information content (AvgIpc) is 2.40. The molecule has 0 atom stereocenters. The summed E-state index contributed by atoms with van der Waals surface area (Å²) in [5.41, 5.74) is 1.79. The van der Waals surface area contributed by atoms with E-state index in [0.717, 1.165) is 24.8 Å². The fraction of sp³-hybridized carbons (Fsp3) is 0.333. The molecule has 0 saturated carbocycles. The standard InChI is InChI=1S/C12H12O3/c13-11-4-2-1-3-8-5-6-9(12(14)15)7-10(8)11/h5-7H,1-4H2,(H,14,15). The van der Waals surface area contributed by atoms with Crippen LogP contribution in [0, 0.1) is 0 Å². The summed E-state index contributed by atoms with van der Waals surface area (Å²) < 4.78 is 0. The topological polar surface area (TPSA) is 54.4 Å². The predicted octanol–water partition coefficient (Wildman–Crippen LogP) is 2.29. The summed E-state index contributed by atoms with van der Waals surface area (Å²) in [7, 11) is 0. The minimum absolute atomic E-state index is 0.0746. The van der Waals surface area contributed by atoms with Crippen LogP contribution in [0.4, 0.5) is 0 Å². The minimum atomic E-state index is -0.977. The second-order valence-electron chi connectivity index (χ2n) is 3.81. The number of fused-ring (bicyclic) bond motifs is 1. The zero-order valence-electron chi connectivity index (χ0n) is 8.32. The predicted molar refractivity (Wildman–Crippen MR) is 55.3 cm³/mol. The van der Waals surface area contributed by atoms with Crippen molar-refractivity contribution in [2.24, 2.45) is 0 Å². The molecule has 0 saturated heterocycles. The van der Waals surface area contributed by atoms with Gasteiger partial charge in [-0.3, -0.25) is 4.79 Å². The molecule has 3 nitrogen and oxygen atoms in total. The summed E-state index contributed by atoms with van der Waals surface area (Å²) >= 11 is 0. The van der Waals surface area contributed by atoms with E-state index in [1.54, 1.807) is 12.1 Å². The van der Waals surface area contributed by atoms with Gasteiger partial charge in [-0.15, -0.1) is 0 Å². The van der Waals surface area contributed by atoms with Gasteiger partial charge in [0.1, 0.15) is 0 Å². The van der Waals surface area contributed by atoms with Gasteiger partial charge in [-0.25, -0.2) is 4.79 Å². The van der Waals surface area contributed by atoms with E-state index in [9.17, 15) is 9.59 Å². The Kier molecular flexibility index (Phi) is 2.54. The van der Waals surface area contributed by atoms with Crippen molar-refractivity contribution >= 4 is 11.8 Å². The summed E-state index contributed by atoms with van der Waals surface area (Å²) in [6.45, 7) is 0. The number of carbonyl (C=O) groups is 2. The molecule has 0 heterocycles. The third-order valence-electron chi connectivity index (χ3n) is 2.76. The maximum Gasteiger partial charge on any atom is 0.335 e. The summed E-state index contributed by atoms with van der Waals surface area (Å²) in [5, 5.41) is 8.83. The molecule has 0 amide bonds. The largest absolute Gasteiger partial charge is 0.478 e. The van der Waals surface area contributed by atoms with E-state index < -0.39 is 5.97 Å². The number of aryl methyl sites for hydroxylation is 1. The van der Waals surface area contributed by atoms with Crippen LogP contribution in [0.25, 0.3) is 0 Å². The van der Waals surface area contributed by atoms with Crippen molar-refractivity contribution < 1.29 is 14.7 Å². The zero-order valence-corrected chi connectivity index (χ0v) is 8.32. The summed E-state index contributed by atoms with van der Waals surface area (Å²) in [5.74, 6) is -0.902. The van der Waals surface area contributed by atoms with Crippen molar-refractivity contribution in [3.63, 3.8) is 0 Å². The monoisotopic (exact) mass is 204 g/mol. The number of carboxylic acids is 1. The van der Waals surface area contributed by atoms with Crippen LogP contribution in [-0.4, -0.2) is 16.9 Å². The van der Waals surface area contributed by atoms with Crippen LogP contribution in [0.2, 0.25) is 0 Å². The maximum atomic E-state index is 11.7. The van der Waals surface area contributed by atoms with E-state index in [4.69, 9.17) is 5.11 Å². The molecule has 1 N–H and O–H groups in total. The molecule has 1 aromatic rings. The molecule has 0 spiro atoms. The van der Waals surface area contributed by atoms with Gasteiger partial charge in [-0.05, 0) is 37.0 Å². The molecule has 0 bridgehead atoms. The molecule has 0 aromatic heterocycles. The highest BCUT2D eigenvalue weighted by Crippen LogP contribution is 2.21. The molecular weight excluding hydrogens is 192 g/mol. The van der Waals surface area contributed by atoms with E-state index in [2.05, 4.69) is 0 Å². The highest BCUT2D eigenvalue weighted by Gasteiger charge is 2.17. The molecule has 78 valence electrons. The summed E-state index contributed by atoms with van der Waals surface area (Å²) in [6, 6.07) is 4.84. The second kappa shape index (κ2) is 3.85.